The van der Waals surface area contributed by atoms with Crippen molar-refractivity contribution in [3.8, 4) is 11.3 Å². The number of nitrogens with zero attached hydrogens (tertiary/aromatic N) is 1. The summed E-state index contributed by atoms with van der Waals surface area (Å²) >= 11 is 0. The van der Waals surface area contributed by atoms with Crippen LogP contribution in [0, 0.1) is 0 Å². The summed E-state index contributed by atoms with van der Waals surface area (Å²) in [5, 5.41) is 0. The van der Waals surface area contributed by atoms with Gasteiger partial charge >= 0.3 is 0 Å². The molecule has 0 aliphatic carbocycles. The molecule has 0 spiro atoms. The second-order valence-electron chi connectivity index (χ2n) is 4.74. The molecule has 0 bridgehead atoms. The molecule has 0 unspecified atom stereocenters. The average molecular weight is 242 g/mol. The van der Waals surface area contributed by atoms with Gasteiger partial charge in [0.1, 0.15) is 11.5 Å². The van der Waals surface area contributed by atoms with Crippen LogP contribution in [0.2, 0.25) is 0 Å². The summed E-state index contributed by atoms with van der Waals surface area (Å²) in [6.07, 6.45) is 1.06. The van der Waals surface area contributed by atoms with Crippen molar-refractivity contribution < 1.29 is 4.42 Å². The van der Waals surface area contributed by atoms with Crippen LogP contribution in [0.3, 0.4) is 0 Å². The van der Waals surface area contributed by atoms with Crippen LogP contribution in [-0.2, 0) is 13.0 Å². The molecule has 0 fully saturated rings. The molecule has 0 radical (unpaired) electrons. The highest BCUT2D eigenvalue weighted by Crippen LogP contribution is 2.29. The molecule has 0 amide bonds. The third kappa shape index (κ3) is 2.19. The Morgan fingerprint density at radius 3 is 2.83 bits per heavy atom. The molecule has 3 nitrogen and oxygen atoms in total. The summed E-state index contributed by atoms with van der Waals surface area (Å²) in [5.74, 6) is 2.09. The van der Waals surface area contributed by atoms with Crippen LogP contribution in [-0.4, -0.2) is 24.5 Å². The molecule has 18 heavy (non-hydrogen) atoms. The molecule has 0 saturated heterocycles. The van der Waals surface area contributed by atoms with Crippen molar-refractivity contribution in [1.29, 1.82) is 0 Å². The first-order valence-electron chi connectivity index (χ1n) is 6.46. The fraction of sp³-hybridized carbons (Fsp3) is 0.333. The number of nitrogens with two attached hydrogens (primary N) is 1. The lowest BCUT2D eigenvalue weighted by atomic mass is 10.1. The average Bonchev–Trinajstić information content (AvgIpc) is 2.83. The van der Waals surface area contributed by atoms with E-state index in [2.05, 4.69) is 23.1 Å². The SMILES string of the molecule is NCCN1CCc2cc(-c3ccccc3)oc2C1. The second-order valence-corrected chi connectivity index (χ2v) is 4.74. The van der Waals surface area contributed by atoms with E-state index in [9.17, 15) is 0 Å². The summed E-state index contributed by atoms with van der Waals surface area (Å²) in [7, 11) is 0. The molecule has 0 saturated carbocycles. The molecule has 1 aliphatic heterocycles. The van der Waals surface area contributed by atoms with Crippen molar-refractivity contribution in [3.05, 3.63) is 47.7 Å². The van der Waals surface area contributed by atoms with Gasteiger partial charge in [0.2, 0.25) is 0 Å². The first kappa shape index (κ1) is 11.5. The summed E-state index contributed by atoms with van der Waals surface area (Å²) < 4.78 is 5.99. The maximum absolute atomic E-state index is 5.99. The van der Waals surface area contributed by atoms with Crippen molar-refractivity contribution >= 4 is 0 Å². The fourth-order valence-electron chi connectivity index (χ4n) is 2.49. The van der Waals surface area contributed by atoms with Gasteiger partial charge in [0.15, 0.2) is 0 Å². The summed E-state index contributed by atoms with van der Waals surface area (Å²) in [6, 6.07) is 12.5. The minimum absolute atomic E-state index is 0.710. The Morgan fingerprint density at radius 2 is 2.06 bits per heavy atom. The quantitative estimate of drug-likeness (QED) is 0.897. The van der Waals surface area contributed by atoms with E-state index in [0.29, 0.717) is 6.54 Å². The molecule has 94 valence electrons. The zero-order valence-electron chi connectivity index (χ0n) is 10.4. The maximum Gasteiger partial charge on any atom is 0.134 e. The van der Waals surface area contributed by atoms with Gasteiger partial charge in [-0.2, -0.15) is 0 Å². The van der Waals surface area contributed by atoms with E-state index in [0.717, 1.165) is 43.1 Å². The van der Waals surface area contributed by atoms with E-state index in [1.54, 1.807) is 0 Å². The molecule has 1 aliphatic rings. The number of benzene rings is 1. The van der Waals surface area contributed by atoms with Gasteiger partial charge < -0.3 is 10.2 Å². The van der Waals surface area contributed by atoms with Crippen LogP contribution in [0.15, 0.2) is 40.8 Å². The Kier molecular flexibility index (Phi) is 3.17. The number of rotatable bonds is 3. The van der Waals surface area contributed by atoms with Gasteiger partial charge in [0.25, 0.3) is 0 Å². The van der Waals surface area contributed by atoms with Crippen molar-refractivity contribution in [2.45, 2.75) is 13.0 Å². The van der Waals surface area contributed by atoms with Crippen LogP contribution < -0.4 is 5.73 Å². The van der Waals surface area contributed by atoms with Gasteiger partial charge in [0, 0.05) is 25.2 Å². The minimum atomic E-state index is 0.710. The first-order chi connectivity index (χ1) is 8.86. The number of furan rings is 1. The molecule has 2 aromatic rings. The molecule has 3 rings (SSSR count). The maximum atomic E-state index is 5.99. The van der Waals surface area contributed by atoms with Gasteiger partial charge in [-0.1, -0.05) is 30.3 Å². The number of hydrogen-bond acceptors (Lipinski definition) is 3. The molecule has 1 aromatic carbocycles. The first-order valence-corrected chi connectivity index (χ1v) is 6.46. The third-order valence-electron chi connectivity index (χ3n) is 3.46. The number of fused-ring (bicyclic) bond motifs is 1. The van der Waals surface area contributed by atoms with Crippen molar-refractivity contribution in [2.24, 2.45) is 5.73 Å². The van der Waals surface area contributed by atoms with Gasteiger partial charge in [0.05, 0.1) is 6.54 Å². The molecule has 1 aromatic heterocycles. The number of hydrogen-bond donors (Lipinski definition) is 1. The normalized spacial score (nSPS) is 15.6. The van der Waals surface area contributed by atoms with Crippen LogP contribution in [0.1, 0.15) is 11.3 Å². The Hall–Kier alpha value is -1.58. The van der Waals surface area contributed by atoms with Gasteiger partial charge in [-0.3, -0.25) is 4.90 Å². The summed E-state index contributed by atoms with van der Waals surface area (Å²) in [4.78, 5) is 2.35. The largest absolute Gasteiger partial charge is 0.459 e. The van der Waals surface area contributed by atoms with E-state index >= 15 is 0 Å². The molecule has 2 heterocycles. The Morgan fingerprint density at radius 1 is 1.22 bits per heavy atom. The monoisotopic (exact) mass is 242 g/mol. The fourth-order valence-corrected chi connectivity index (χ4v) is 2.49. The molecular weight excluding hydrogens is 224 g/mol. The van der Waals surface area contributed by atoms with E-state index < -0.39 is 0 Å². The van der Waals surface area contributed by atoms with Crippen molar-refractivity contribution in [3.63, 3.8) is 0 Å². The predicted molar refractivity (Wildman–Crippen MR) is 72.2 cm³/mol. The van der Waals surface area contributed by atoms with E-state index in [4.69, 9.17) is 10.2 Å². The van der Waals surface area contributed by atoms with Crippen LogP contribution in [0.4, 0.5) is 0 Å². The standard InChI is InChI=1S/C15H18N2O/c16-7-9-17-8-6-13-10-14(18-15(13)11-17)12-4-2-1-3-5-12/h1-5,10H,6-9,11,16H2. The molecule has 2 N–H and O–H groups in total. The highest BCUT2D eigenvalue weighted by atomic mass is 16.3. The lowest BCUT2D eigenvalue weighted by Gasteiger charge is -2.24. The summed E-state index contributed by atoms with van der Waals surface area (Å²) in [5.41, 5.74) is 8.10. The van der Waals surface area contributed by atoms with Gasteiger partial charge in [-0.15, -0.1) is 0 Å². The van der Waals surface area contributed by atoms with Crippen molar-refractivity contribution in [2.75, 3.05) is 19.6 Å². The smallest absolute Gasteiger partial charge is 0.134 e. The lowest BCUT2D eigenvalue weighted by molar-refractivity contribution is 0.236. The molecule has 0 atom stereocenters. The topological polar surface area (TPSA) is 42.4 Å². The predicted octanol–water partition coefficient (Wildman–Crippen LogP) is 2.26. The Labute approximate surface area is 107 Å². The summed E-state index contributed by atoms with van der Waals surface area (Å²) in [6.45, 7) is 3.62. The zero-order valence-corrected chi connectivity index (χ0v) is 10.4. The molecule has 3 heteroatoms. The van der Waals surface area contributed by atoms with Crippen LogP contribution in [0.25, 0.3) is 11.3 Å². The van der Waals surface area contributed by atoms with Gasteiger partial charge in [-0.05, 0) is 18.1 Å². The van der Waals surface area contributed by atoms with Crippen molar-refractivity contribution in [1.82, 2.24) is 4.90 Å². The third-order valence-corrected chi connectivity index (χ3v) is 3.46. The zero-order chi connectivity index (χ0) is 12.4. The highest BCUT2D eigenvalue weighted by molar-refractivity contribution is 5.58. The minimum Gasteiger partial charge on any atom is -0.459 e. The molecular formula is C15H18N2O. The Bertz CT molecular complexity index is 519. The van der Waals surface area contributed by atoms with E-state index in [1.807, 2.05) is 18.2 Å². The lowest BCUT2D eigenvalue weighted by Crippen LogP contribution is -2.33. The second kappa shape index (κ2) is 4.96. The Balaban J connectivity index is 1.85. The van der Waals surface area contributed by atoms with E-state index in [1.165, 1.54) is 5.56 Å². The van der Waals surface area contributed by atoms with Crippen LogP contribution >= 0.6 is 0 Å². The van der Waals surface area contributed by atoms with Crippen LogP contribution in [0.5, 0.6) is 0 Å². The highest BCUT2D eigenvalue weighted by Gasteiger charge is 2.20. The van der Waals surface area contributed by atoms with E-state index in [-0.39, 0.29) is 0 Å². The van der Waals surface area contributed by atoms with Gasteiger partial charge in [-0.25, -0.2) is 0 Å².